The Hall–Kier alpha value is -1.07. The maximum Gasteiger partial charge on any atom is 0.407 e. The largest absolute Gasteiger partial charge is 0.442 e. The van der Waals surface area contributed by atoms with E-state index in [1.54, 1.807) is 12.2 Å². The minimum absolute atomic E-state index is 0.0333. The van der Waals surface area contributed by atoms with Crippen molar-refractivity contribution >= 4 is 6.09 Å². The molecule has 0 bridgehead atoms. The quantitative estimate of drug-likeness (QED) is 0.781. The second kappa shape index (κ2) is 7.64. The molecule has 0 aromatic carbocycles. The van der Waals surface area contributed by atoms with Crippen LogP contribution in [0, 0.1) is 0 Å². The molecule has 0 aliphatic heterocycles. The molecule has 5 heteroatoms. The minimum atomic E-state index is -0.512. The van der Waals surface area contributed by atoms with Gasteiger partial charge < -0.3 is 19.9 Å². The van der Waals surface area contributed by atoms with Gasteiger partial charge in [0.1, 0.15) is 6.10 Å². The Kier molecular flexibility index (Phi) is 6.49. The Morgan fingerprint density at radius 1 is 1.35 bits per heavy atom. The molecule has 0 radical (unpaired) electrons. The van der Waals surface area contributed by atoms with Gasteiger partial charge in [-0.05, 0) is 46.6 Å². The van der Waals surface area contributed by atoms with Crippen LogP contribution in [-0.4, -0.2) is 41.7 Å². The van der Waals surface area contributed by atoms with Crippen LogP contribution < -0.4 is 5.32 Å². The highest BCUT2D eigenvalue weighted by atomic mass is 16.6. The summed E-state index contributed by atoms with van der Waals surface area (Å²) in [6, 6.07) is 0. The molecule has 3 atom stereocenters. The first-order valence-corrected chi connectivity index (χ1v) is 7.29. The van der Waals surface area contributed by atoms with Crippen LogP contribution in [-0.2, 0) is 9.47 Å². The van der Waals surface area contributed by atoms with Crippen LogP contribution in [0.5, 0.6) is 0 Å². The van der Waals surface area contributed by atoms with Gasteiger partial charge in [-0.2, -0.15) is 0 Å². The lowest BCUT2D eigenvalue weighted by molar-refractivity contribution is -0.0804. The molecule has 0 saturated heterocycles. The third-order valence-electron chi connectivity index (χ3n) is 2.93. The lowest BCUT2D eigenvalue weighted by Gasteiger charge is -2.31. The Bertz CT molecular complexity index is 335. The van der Waals surface area contributed by atoms with Crippen molar-refractivity contribution in [3.8, 4) is 0 Å². The van der Waals surface area contributed by atoms with Crippen molar-refractivity contribution < 1.29 is 19.4 Å². The number of ether oxygens (including phenoxy) is 2. The summed E-state index contributed by atoms with van der Waals surface area (Å²) in [5, 5.41) is 12.4. The van der Waals surface area contributed by atoms with E-state index in [4.69, 9.17) is 9.47 Å². The molecule has 116 valence electrons. The Balaban J connectivity index is 2.67. The van der Waals surface area contributed by atoms with Gasteiger partial charge in [0.15, 0.2) is 0 Å². The molecule has 20 heavy (non-hydrogen) atoms. The number of nitrogens with one attached hydrogen (secondary N) is 1. The summed E-state index contributed by atoms with van der Waals surface area (Å²) in [5.74, 6) is 0. The number of aliphatic hydroxyl groups is 1. The molecular weight excluding hydrogens is 258 g/mol. The van der Waals surface area contributed by atoms with E-state index in [-0.39, 0.29) is 17.8 Å². The van der Waals surface area contributed by atoms with Gasteiger partial charge in [0.05, 0.1) is 17.8 Å². The fraction of sp³-hybridized carbons (Fsp3) is 0.800. The summed E-state index contributed by atoms with van der Waals surface area (Å²) in [6.07, 6.45) is 4.10. The Labute approximate surface area is 121 Å². The molecule has 0 aromatic rings. The standard InChI is InChI=1S/C15H27NO4/c1-5-16-14(18)19-12-8-6-11(17)7-9-13(10-12)20-15(2,3)4/h6,8,11-13,17H,5,7,9-10H2,1-4H3,(H,16,18)/b8-6+. The van der Waals surface area contributed by atoms with Gasteiger partial charge in [-0.1, -0.05) is 6.08 Å². The first kappa shape index (κ1) is 17.0. The number of hydrogen-bond donors (Lipinski definition) is 2. The molecular formula is C15H27NO4. The van der Waals surface area contributed by atoms with Crippen LogP contribution in [0.3, 0.4) is 0 Å². The first-order chi connectivity index (χ1) is 9.30. The molecule has 0 saturated carbocycles. The van der Waals surface area contributed by atoms with Crippen molar-refractivity contribution in [2.75, 3.05) is 6.54 Å². The van der Waals surface area contributed by atoms with Crippen LogP contribution in [0.25, 0.3) is 0 Å². The van der Waals surface area contributed by atoms with Crippen LogP contribution in [0.2, 0.25) is 0 Å². The van der Waals surface area contributed by atoms with Crippen LogP contribution in [0.1, 0.15) is 47.0 Å². The number of hydrogen-bond acceptors (Lipinski definition) is 4. The van der Waals surface area contributed by atoms with E-state index in [0.717, 1.165) is 6.42 Å². The van der Waals surface area contributed by atoms with Crippen LogP contribution in [0.4, 0.5) is 4.79 Å². The minimum Gasteiger partial charge on any atom is -0.442 e. The van der Waals surface area contributed by atoms with Crippen LogP contribution >= 0.6 is 0 Å². The average molecular weight is 285 g/mol. The zero-order valence-corrected chi connectivity index (χ0v) is 12.9. The van der Waals surface area contributed by atoms with Gasteiger partial charge >= 0.3 is 6.09 Å². The number of amides is 1. The monoisotopic (exact) mass is 285 g/mol. The van der Waals surface area contributed by atoms with E-state index in [1.807, 2.05) is 27.7 Å². The molecule has 0 fully saturated rings. The molecule has 0 spiro atoms. The van der Waals surface area contributed by atoms with Gasteiger partial charge in [-0.3, -0.25) is 0 Å². The number of alkyl carbamates (subject to hydrolysis) is 1. The maximum atomic E-state index is 11.5. The van der Waals surface area contributed by atoms with Crippen molar-refractivity contribution in [2.45, 2.75) is 70.9 Å². The van der Waals surface area contributed by atoms with Crippen molar-refractivity contribution in [3.63, 3.8) is 0 Å². The van der Waals surface area contributed by atoms with E-state index < -0.39 is 12.2 Å². The SMILES string of the molecule is CCNC(=O)OC1/C=C/C(O)CCC(OC(C)(C)C)C1. The van der Waals surface area contributed by atoms with Gasteiger partial charge in [0, 0.05) is 13.0 Å². The molecule has 1 aliphatic carbocycles. The average Bonchev–Trinajstić information content (AvgIpc) is 2.29. The number of aliphatic hydroxyl groups excluding tert-OH is 1. The second-order valence-electron chi connectivity index (χ2n) is 6.09. The third kappa shape index (κ3) is 6.91. The molecule has 1 aliphatic rings. The topological polar surface area (TPSA) is 67.8 Å². The molecule has 0 aromatic heterocycles. The molecule has 2 N–H and O–H groups in total. The van der Waals surface area contributed by atoms with Crippen molar-refractivity contribution in [1.82, 2.24) is 5.32 Å². The van der Waals surface area contributed by atoms with Crippen LogP contribution in [0.15, 0.2) is 12.2 Å². The number of carbonyl (C=O) groups excluding carboxylic acids is 1. The smallest absolute Gasteiger partial charge is 0.407 e. The van der Waals surface area contributed by atoms with Gasteiger partial charge in [0.25, 0.3) is 0 Å². The zero-order valence-electron chi connectivity index (χ0n) is 12.9. The van der Waals surface area contributed by atoms with Gasteiger partial charge in [-0.15, -0.1) is 0 Å². The van der Waals surface area contributed by atoms with Crippen molar-refractivity contribution in [2.24, 2.45) is 0 Å². The van der Waals surface area contributed by atoms with E-state index in [9.17, 15) is 9.90 Å². The molecule has 1 rings (SSSR count). The summed E-state index contributed by atoms with van der Waals surface area (Å²) in [7, 11) is 0. The summed E-state index contributed by atoms with van der Waals surface area (Å²) >= 11 is 0. The van der Waals surface area contributed by atoms with Crippen molar-refractivity contribution in [3.05, 3.63) is 12.2 Å². The van der Waals surface area contributed by atoms with E-state index in [1.165, 1.54) is 0 Å². The molecule has 1 amide bonds. The fourth-order valence-corrected chi connectivity index (χ4v) is 2.18. The Morgan fingerprint density at radius 3 is 2.65 bits per heavy atom. The summed E-state index contributed by atoms with van der Waals surface area (Å²) < 4.78 is 11.3. The highest BCUT2D eigenvalue weighted by Gasteiger charge is 2.25. The van der Waals surface area contributed by atoms with E-state index in [2.05, 4.69) is 5.32 Å². The zero-order chi connectivity index (χ0) is 15.2. The highest BCUT2D eigenvalue weighted by molar-refractivity contribution is 5.67. The highest BCUT2D eigenvalue weighted by Crippen LogP contribution is 2.23. The third-order valence-corrected chi connectivity index (χ3v) is 2.93. The molecule has 3 unspecified atom stereocenters. The fourth-order valence-electron chi connectivity index (χ4n) is 2.18. The first-order valence-electron chi connectivity index (χ1n) is 7.29. The molecule has 5 nitrogen and oxygen atoms in total. The summed E-state index contributed by atoms with van der Waals surface area (Å²) in [5.41, 5.74) is -0.255. The lowest BCUT2D eigenvalue weighted by atomic mass is 9.99. The van der Waals surface area contributed by atoms with E-state index >= 15 is 0 Å². The number of rotatable bonds is 3. The normalized spacial score (nSPS) is 29.1. The van der Waals surface area contributed by atoms with E-state index in [0.29, 0.717) is 19.4 Å². The Morgan fingerprint density at radius 2 is 2.05 bits per heavy atom. The maximum absolute atomic E-state index is 11.5. The summed E-state index contributed by atoms with van der Waals surface area (Å²) in [6.45, 7) is 8.36. The van der Waals surface area contributed by atoms with Gasteiger partial charge in [-0.25, -0.2) is 4.79 Å². The second-order valence-corrected chi connectivity index (χ2v) is 6.09. The lowest BCUT2D eigenvalue weighted by Crippen LogP contribution is -2.35. The van der Waals surface area contributed by atoms with Gasteiger partial charge in [0.2, 0.25) is 0 Å². The molecule has 0 heterocycles. The van der Waals surface area contributed by atoms with Crippen molar-refractivity contribution in [1.29, 1.82) is 0 Å². The predicted molar refractivity (Wildman–Crippen MR) is 77.6 cm³/mol. The summed E-state index contributed by atoms with van der Waals surface area (Å²) in [4.78, 5) is 11.5. The number of carbonyl (C=O) groups is 1. The predicted octanol–water partition coefficient (Wildman–Crippen LogP) is 2.39.